The fourth-order valence-corrected chi connectivity index (χ4v) is 8.93. The quantitative estimate of drug-likeness (QED) is 0.102. The summed E-state index contributed by atoms with van der Waals surface area (Å²) in [7, 11) is 3.23. The Morgan fingerprint density at radius 2 is 0.900 bits per heavy atom. The molecule has 0 fully saturated rings. The van der Waals surface area contributed by atoms with Gasteiger partial charge in [0.1, 0.15) is 11.5 Å². The van der Waals surface area contributed by atoms with Crippen molar-refractivity contribution in [3.63, 3.8) is 0 Å². The molecule has 0 aliphatic heterocycles. The largest absolute Gasteiger partial charge is 0.497 e. The van der Waals surface area contributed by atoms with Crippen LogP contribution in [0.3, 0.4) is 0 Å². The third-order valence-electron chi connectivity index (χ3n) is 8.98. The molecule has 7 aromatic carbocycles. The molecule has 2 aromatic heterocycles. The zero-order valence-corrected chi connectivity index (χ0v) is 28.5. The lowest BCUT2D eigenvalue weighted by molar-refractivity contribution is 0.415. The number of H-pyrrole nitrogens is 2. The van der Waals surface area contributed by atoms with Crippen molar-refractivity contribution in [3.8, 4) is 11.5 Å². The Kier molecular flexibility index (Phi) is 7.08. The molecule has 0 radical (unpaired) electrons. The molecule has 0 unspecified atom stereocenters. The fraction of sp³-hybridized carbons (Fsp3) is 0.0500. The fourth-order valence-electron chi connectivity index (χ4n) is 6.59. The van der Waals surface area contributed by atoms with Gasteiger partial charge in [0.2, 0.25) is 0 Å². The number of aromatic amines is 2. The minimum Gasteiger partial charge on any atom is -0.497 e. The van der Waals surface area contributed by atoms with E-state index in [2.05, 4.69) is 32.7 Å². The van der Waals surface area contributed by atoms with E-state index in [0.29, 0.717) is 55.5 Å². The highest BCUT2D eigenvalue weighted by Gasteiger charge is 2.24. The summed E-state index contributed by atoms with van der Waals surface area (Å²) in [5, 5.41) is 8.15. The van der Waals surface area contributed by atoms with Gasteiger partial charge < -0.3 is 30.1 Å². The molecule has 0 saturated heterocycles. The molecule has 0 saturated carbocycles. The first-order valence-electron chi connectivity index (χ1n) is 15.9. The Morgan fingerprint density at radius 1 is 0.500 bits per heavy atom. The van der Waals surface area contributed by atoms with Crippen molar-refractivity contribution in [2.24, 2.45) is 0 Å². The molecule has 50 heavy (non-hydrogen) atoms. The topological polar surface area (TPSA) is 108 Å². The average Bonchev–Trinajstić information content (AvgIpc) is 3.16. The Bertz CT molecular complexity index is 2740. The van der Waals surface area contributed by atoms with Gasteiger partial charge in [-0.1, -0.05) is 24.3 Å². The van der Waals surface area contributed by atoms with Gasteiger partial charge in [-0.25, -0.2) is 0 Å². The highest BCUT2D eigenvalue weighted by atomic mass is 32.1. The lowest BCUT2D eigenvalue weighted by Gasteiger charge is -2.17. The first-order valence-corrected chi connectivity index (χ1v) is 17.5. The van der Waals surface area contributed by atoms with E-state index in [4.69, 9.17) is 9.47 Å². The molecular weight excluding hydrogens is 665 g/mol. The number of nitrogens with one attached hydrogen (secondary N) is 4. The number of hydrogen-bond donors (Lipinski definition) is 4. The monoisotopic (exact) mass is 692 g/mol. The summed E-state index contributed by atoms with van der Waals surface area (Å²) in [5.41, 5.74) is 5.11. The standard InChI is InChI=1S/C40H28N4O4S2/c1-47-23-15-11-21(12-16-23)41-27-19-20-28(42-22-13-17-24(48-2)18-14-22)32-31(27)37(45)33-34(38(32)46)36-40(50-30-10-6-4-8-26(30)44-36)39-35(33)43-25-7-3-5-9-29(25)49-39/h3-20,41-44H,1-2H3. The van der Waals surface area contributed by atoms with Crippen LogP contribution < -0.4 is 31.0 Å². The van der Waals surface area contributed by atoms with E-state index in [9.17, 15) is 0 Å². The molecule has 9 aromatic rings. The summed E-state index contributed by atoms with van der Waals surface area (Å²) < 4.78 is 14.6. The van der Waals surface area contributed by atoms with Crippen LogP contribution in [-0.4, -0.2) is 24.2 Å². The van der Waals surface area contributed by atoms with Gasteiger partial charge in [-0.15, -0.1) is 22.7 Å². The first-order chi connectivity index (χ1) is 24.5. The molecule has 4 N–H and O–H groups in total. The Labute approximate surface area is 292 Å². The van der Waals surface area contributed by atoms with Crippen LogP contribution in [0.5, 0.6) is 11.5 Å². The average molecular weight is 693 g/mol. The molecule has 0 spiro atoms. The molecule has 0 aliphatic rings. The van der Waals surface area contributed by atoms with Crippen molar-refractivity contribution in [2.45, 2.75) is 0 Å². The number of benzene rings is 7. The van der Waals surface area contributed by atoms with E-state index in [1.54, 1.807) is 36.9 Å². The lowest BCUT2D eigenvalue weighted by Crippen LogP contribution is -2.17. The number of anilines is 4. The van der Waals surface area contributed by atoms with Crippen LogP contribution in [0.15, 0.2) is 119 Å². The van der Waals surface area contributed by atoms with Crippen molar-refractivity contribution in [3.05, 3.63) is 130 Å². The molecule has 8 nitrogen and oxygen atoms in total. The van der Waals surface area contributed by atoms with Crippen LogP contribution in [-0.2, 0) is 0 Å². The normalized spacial score (nSPS) is 11.6. The number of methoxy groups -OCH3 is 2. The number of hydrogen-bond acceptors (Lipinski definition) is 8. The van der Waals surface area contributed by atoms with Crippen molar-refractivity contribution in [2.75, 3.05) is 24.9 Å². The SMILES string of the molecule is COc1ccc(Nc2ccc(Nc3ccc(OC)cc3)c3c(=O)c4c5[nH]c6ccccc6sc5c5sc6ccccc6[nH]c5c4c(=O)c23)cc1. The van der Waals surface area contributed by atoms with Crippen LogP contribution in [0.25, 0.3) is 62.4 Å². The van der Waals surface area contributed by atoms with Crippen molar-refractivity contribution < 1.29 is 9.47 Å². The molecule has 0 atom stereocenters. The van der Waals surface area contributed by atoms with Crippen LogP contribution >= 0.6 is 22.7 Å². The third kappa shape index (κ3) is 4.80. The van der Waals surface area contributed by atoms with E-state index in [0.717, 1.165) is 41.2 Å². The molecule has 9 rings (SSSR count). The second-order valence-electron chi connectivity index (χ2n) is 11.9. The van der Waals surface area contributed by atoms with Crippen LogP contribution in [0.4, 0.5) is 22.7 Å². The second kappa shape index (κ2) is 11.8. The smallest absolute Gasteiger partial charge is 0.198 e. The molecule has 0 aliphatic carbocycles. The van der Waals surface area contributed by atoms with Gasteiger partial charge in [0.05, 0.1) is 88.0 Å². The van der Waals surface area contributed by atoms with E-state index in [1.165, 1.54) is 0 Å². The minimum absolute atomic E-state index is 0.249. The van der Waals surface area contributed by atoms with Crippen molar-refractivity contribution in [1.29, 1.82) is 0 Å². The highest BCUT2D eigenvalue weighted by molar-refractivity contribution is 7.32. The summed E-state index contributed by atoms with van der Waals surface area (Å²) in [5.74, 6) is 1.42. The second-order valence-corrected chi connectivity index (χ2v) is 14.0. The summed E-state index contributed by atoms with van der Waals surface area (Å²) in [6, 6.07) is 34.6. The maximum absolute atomic E-state index is 15.2. The molecule has 0 bridgehead atoms. The summed E-state index contributed by atoms with van der Waals surface area (Å²) >= 11 is 3.22. The maximum atomic E-state index is 15.2. The minimum atomic E-state index is -0.249. The Balaban J connectivity index is 1.44. The summed E-state index contributed by atoms with van der Waals surface area (Å²) in [4.78, 5) is 37.6. The van der Waals surface area contributed by atoms with E-state index >= 15 is 9.59 Å². The van der Waals surface area contributed by atoms with E-state index in [1.807, 2.05) is 97.1 Å². The number of para-hydroxylation sites is 2. The van der Waals surface area contributed by atoms with Crippen LogP contribution in [0.1, 0.15) is 0 Å². The van der Waals surface area contributed by atoms with Gasteiger partial charge in [0.15, 0.2) is 10.9 Å². The molecule has 0 amide bonds. The van der Waals surface area contributed by atoms with E-state index < -0.39 is 0 Å². The lowest BCUT2D eigenvalue weighted by atomic mass is 9.97. The Hall–Kier alpha value is -6.10. The summed E-state index contributed by atoms with van der Waals surface area (Å²) in [6.07, 6.45) is 0. The van der Waals surface area contributed by atoms with Crippen molar-refractivity contribution in [1.82, 2.24) is 9.97 Å². The number of fused-ring (bicyclic) bond motifs is 9. The van der Waals surface area contributed by atoms with E-state index in [-0.39, 0.29) is 10.9 Å². The predicted octanol–water partition coefficient (Wildman–Crippen LogP) is 10.2. The maximum Gasteiger partial charge on any atom is 0.198 e. The molecule has 2 heterocycles. The van der Waals surface area contributed by atoms with Gasteiger partial charge in [0, 0.05) is 11.4 Å². The first kappa shape index (κ1) is 30.0. The number of rotatable bonds is 6. The van der Waals surface area contributed by atoms with Gasteiger partial charge in [0.25, 0.3) is 0 Å². The highest BCUT2D eigenvalue weighted by Crippen LogP contribution is 2.41. The third-order valence-corrected chi connectivity index (χ3v) is 11.5. The number of ether oxygens (including phenoxy) is 2. The van der Waals surface area contributed by atoms with Crippen LogP contribution in [0.2, 0.25) is 0 Å². The van der Waals surface area contributed by atoms with Gasteiger partial charge in [-0.3, -0.25) is 9.59 Å². The van der Waals surface area contributed by atoms with Gasteiger partial charge in [-0.05, 0) is 84.9 Å². The van der Waals surface area contributed by atoms with Crippen LogP contribution in [0, 0.1) is 0 Å². The van der Waals surface area contributed by atoms with Crippen molar-refractivity contribution >= 4 is 108 Å². The zero-order chi connectivity index (χ0) is 33.9. The van der Waals surface area contributed by atoms with Gasteiger partial charge >= 0.3 is 0 Å². The summed E-state index contributed by atoms with van der Waals surface area (Å²) in [6.45, 7) is 0. The molecular formula is C40H28N4O4S2. The predicted molar refractivity (Wildman–Crippen MR) is 210 cm³/mol. The zero-order valence-electron chi connectivity index (χ0n) is 26.8. The molecule has 244 valence electrons. The number of aromatic nitrogens is 2. The Morgan fingerprint density at radius 3 is 1.30 bits per heavy atom. The van der Waals surface area contributed by atoms with Gasteiger partial charge in [-0.2, -0.15) is 0 Å². The molecule has 10 heteroatoms.